The number of aliphatic hydroxyl groups excluding tert-OH is 1. The number of aromatic nitrogens is 2. The quantitative estimate of drug-likeness (QED) is 0.600. The zero-order valence-electron chi connectivity index (χ0n) is 9.84. The smallest absolute Gasteiger partial charge is 0.330 e. The first-order valence-electron chi connectivity index (χ1n) is 4.82. The van der Waals surface area contributed by atoms with Gasteiger partial charge in [0.15, 0.2) is 0 Å². The summed E-state index contributed by atoms with van der Waals surface area (Å²) in [6.07, 6.45) is 1.35. The molecule has 0 amide bonds. The van der Waals surface area contributed by atoms with E-state index in [0.717, 1.165) is 0 Å². The molecule has 1 rings (SSSR count). The molecule has 0 aliphatic heterocycles. The average molecular weight is 228 g/mol. The number of anilines is 1. The van der Waals surface area contributed by atoms with Crippen molar-refractivity contribution in [1.29, 1.82) is 0 Å². The zero-order chi connectivity index (χ0) is 12.5. The molecule has 7 nitrogen and oxygen atoms in total. The highest BCUT2D eigenvalue weighted by atomic mass is 16.6. The number of hydrogen-bond donors (Lipinski definition) is 1. The van der Waals surface area contributed by atoms with Gasteiger partial charge in [0.25, 0.3) is 0 Å². The highest BCUT2D eigenvalue weighted by molar-refractivity contribution is 5.57. The van der Waals surface area contributed by atoms with Gasteiger partial charge in [0.2, 0.25) is 5.82 Å². The van der Waals surface area contributed by atoms with Gasteiger partial charge >= 0.3 is 5.69 Å². The van der Waals surface area contributed by atoms with Crippen LogP contribution in [-0.4, -0.2) is 39.0 Å². The van der Waals surface area contributed by atoms with Gasteiger partial charge in [0.1, 0.15) is 6.20 Å². The largest absolute Gasteiger partial charge is 0.394 e. The van der Waals surface area contributed by atoms with E-state index in [9.17, 15) is 15.2 Å². The Bertz CT molecular complexity index is 399. The van der Waals surface area contributed by atoms with Crippen molar-refractivity contribution < 1.29 is 10.0 Å². The predicted molar refractivity (Wildman–Crippen MR) is 59.4 cm³/mol. The molecule has 1 N–H and O–H groups in total. The number of aliphatic hydroxyl groups is 1. The van der Waals surface area contributed by atoms with Crippen molar-refractivity contribution in [2.75, 3.05) is 18.6 Å². The summed E-state index contributed by atoms with van der Waals surface area (Å²) in [5.74, 6) is 0.256. The number of nitrogens with zero attached hydrogens (tertiary/aromatic N) is 4. The molecule has 1 heterocycles. The van der Waals surface area contributed by atoms with Gasteiger partial charge in [-0.05, 0) is 13.8 Å². The molecule has 0 unspecified atom stereocenters. The zero-order valence-corrected chi connectivity index (χ0v) is 9.84. The lowest BCUT2D eigenvalue weighted by molar-refractivity contribution is -0.384. The molecule has 0 aliphatic carbocycles. The van der Waals surface area contributed by atoms with Crippen LogP contribution in [0.2, 0.25) is 0 Å². The Morgan fingerprint density at radius 1 is 1.69 bits per heavy atom. The Balaban J connectivity index is 3.17. The Labute approximate surface area is 93.4 Å². The maximum atomic E-state index is 10.8. The van der Waals surface area contributed by atoms with Crippen LogP contribution in [0.4, 0.5) is 11.5 Å². The Hall–Kier alpha value is -1.63. The summed E-state index contributed by atoms with van der Waals surface area (Å²) in [5.41, 5.74) is -0.662. The van der Waals surface area contributed by atoms with Crippen LogP contribution in [-0.2, 0) is 7.05 Å². The second-order valence-corrected chi connectivity index (χ2v) is 4.30. The maximum absolute atomic E-state index is 10.8. The van der Waals surface area contributed by atoms with Crippen LogP contribution in [0.15, 0.2) is 6.20 Å². The van der Waals surface area contributed by atoms with Crippen LogP contribution in [0.5, 0.6) is 0 Å². The van der Waals surface area contributed by atoms with Gasteiger partial charge in [-0.1, -0.05) is 0 Å². The second-order valence-electron chi connectivity index (χ2n) is 4.30. The molecule has 0 saturated heterocycles. The molecule has 0 bridgehead atoms. The van der Waals surface area contributed by atoms with Gasteiger partial charge in [0, 0.05) is 14.1 Å². The van der Waals surface area contributed by atoms with E-state index < -0.39 is 10.5 Å². The number of nitro groups is 1. The van der Waals surface area contributed by atoms with Crippen molar-refractivity contribution in [3.05, 3.63) is 16.3 Å². The summed E-state index contributed by atoms with van der Waals surface area (Å²) in [6, 6.07) is 0. The van der Waals surface area contributed by atoms with E-state index in [-0.39, 0.29) is 18.1 Å². The molecule has 0 atom stereocenters. The van der Waals surface area contributed by atoms with Gasteiger partial charge in [0.05, 0.1) is 17.1 Å². The third-order valence-corrected chi connectivity index (χ3v) is 2.60. The van der Waals surface area contributed by atoms with Gasteiger partial charge in [-0.2, -0.15) is 0 Å². The average Bonchev–Trinajstić information content (AvgIpc) is 2.59. The Morgan fingerprint density at radius 3 is 2.69 bits per heavy atom. The maximum Gasteiger partial charge on any atom is 0.330 e. The summed E-state index contributed by atoms with van der Waals surface area (Å²) >= 11 is 0. The summed E-state index contributed by atoms with van der Waals surface area (Å²) in [7, 11) is 3.29. The topological polar surface area (TPSA) is 84.4 Å². The fraction of sp³-hybridized carbons (Fsp3) is 0.667. The molecule has 7 heteroatoms. The highest BCUT2D eigenvalue weighted by Gasteiger charge is 2.30. The lowest BCUT2D eigenvalue weighted by atomic mass is 10.1. The van der Waals surface area contributed by atoms with Crippen molar-refractivity contribution in [3.63, 3.8) is 0 Å². The molecule has 16 heavy (non-hydrogen) atoms. The van der Waals surface area contributed by atoms with Crippen molar-refractivity contribution >= 4 is 11.5 Å². The van der Waals surface area contributed by atoms with E-state index in [1.54, 1.807) is 32.8 Å². The van der Waals surface area contributed by atoms with E-state index in [1.165, 1.54) is 10.9 Å². The molecule has 0 radical (unpaired) electrons. The van der Waals surface area contributed by atoms with E-state index in [0.29, 0.717) is 0 Å². The summed E-state index contributed by atoms with van der Waals surface area (Å²) in [6.45, 7) is 3.45. The molecule has 0 saturated carbocycles. The number of aryl methyl sites for hydroxylation is 1. The summed E-state index contributed by atoms with van der Waals surface area (Å²) < 4.78 is 1.39. The SMILES string of the molecule is CN(c1nn(C)cc1[N+](=O)[O-])C(C)(C)CO. The minimum atomic E-state index is -0.598. The fourth-order valence-corrected chi connectivity index (χ4v) is 1.22. The van der Waals surface area contributed by atoms with E-state index in [4.69, 9.17) is 0 Å². The molecule has 90 valence electrons. The third kappa shape index (κ3) is 2.13. The van der Waals surface area contributed by atoms with Gasteiger partial charge in [-0.15, -0.1) is 5.10 Å². The molecule has 0 fully saturated rings. The van der Waals surface area contributed by atoms with Crippen LogP contribution in [0, 0.1) is 10.1 Å². The van der Waals surface area contributed by atoms with Crippen LogP contribution in [0.3, 0.4) is 0 Å². The van der Waals surface area contributed by atoms with Gasteiger partial charge in [-0.3, -0.25) is 14.8 Å². The lowest BCUT2D eigenvalue weighted by Crippen LogP contribution is -2.44. The molecular formula is C9H16N4O3. The second kappa shape index (κ2) is 4.09. The van der Waals surface area contributed by atoms with E-state index in [2.05, 4.69) is 5.10 Å². The molecule has 0 aliphatic rings. The van der Waals surface area contributed by atoms with Crippen molar-refractivity contribution in [2.24, 2.45) is 7.05 Å². The van der Waals surface area contributed by atoms with Gasteiger partial charge < -0.3 is 10.0 Å². The minimum absolute atomic E-state index is 0.0634. The van der Waals surface area contributed by atoms with Crippen LogP contribution < -0.4 is 4.90 Å². The first-order chi connectivity index (χ1) is 7.29. The van der Waals surface area contributed by atoms with Crippen LogP contribution in [0.1, 0.15) is 13.8 Å². The van der Waals surface area contributed by atoms with Crippen molar-refractivity contribution in [3.8, 4) is 0 Å². The van der Waals surface area contributed by atoms with Crippen LogP contribution >= 0.6 is 0 Å². The normalized spacial score (nSPS) is 11.6. The number of likely N-dealkylation sites (N-methyl/N-ethyl adjacent to an activating group) is 1. The van der Waals surface area contributed by atoms with Crippen molar-refractivity contribution in [1.82, 2.24) is 9.78 Å². The van der Waals surface area contributed by atoms with Crippen molar-refractivity contribution in [2.45, 2.75) is 19.4 Å². The standard InChI is InChI=1S/C9H16N4O3/c1-9(2,6-14)12(4)8-7(13(15)16)5-11(3)10-8/h5,14H,6H2,1-4H3. The van der Waals surface area contributed by atoms with Gasteiger partial charge in [-0.25, -0.2) is 0 Å². The molecule has 1 aromatic rings. The first kappa shape index (κ1) is 12.4. The van der Waals surface area contributed by atoms with E-state index in [1.807, 2.05) is 0 Å². The number of rotatable bonds is 4. The number of hydrogen-bond acceptors (Lipinski definition) is 5. The van der Waals surface area contributed by atoms with E-state index >= 15 is 0 Å². The summed E-state index contributed by atoms with van der Waals surface area (Å²) in [4.78, 5) is 11.9. The first-order valence-corrected chi connectivity index (χ1v) is 4.82. The predicted octanol–water partition coefficient (Wildman–Crippen LogP) is 0.535. The molecule has 0 aromatic carbocycles. The molecule has 0 spiro atoms. The third-order valence-electron chi connectivity index (χ3n) is 2.60. The molecule has 1 aromatic heterocycles. The Kier molecular flexibility index (Phi) is 3.18. The molecular weight excluding hydrogens is 212 g/mol. The van der Waals surface area contributed by atoms with Crippen LogP contribution in [0.25, 0.3) is 0 Å². The highest BCUT2D eigenvalue weighted by Crippen LogP contribution is 2.29. The Morgan fingerprint density at radius 2 is 2.25 bits per heavy atom. The summed E-state index contributed by atoms with van der Waals surface area (Å²) in [5, 5.41) is 24.1. The lowest BCUT2D eigenvalue weighted by Gasteiger charge is -2.33. The minimum Gasteiger partial charge on any atom is -0.394 e. The fourth-order valence-electron chi connectivity index (χ4n) is 1.22. The monoisotopic (exact) mass is 228 g/mol.